The fourth-order valence-electron chi connectivity index (χ4n) is 3.29. The molecule has 1 aliphatic heterocycles. The molecule has 0 aromatic rings. The second-order valence-electron chi connectivity index (χ2n) is 5.51. The Balaban J connectivity index is 1.80. The molecule has 0 aromatic carbocycles. The highest BCUT2D eigenvalue weighted by Gasteiger charge is 2.35. The van der Waals surface area contributed by atoms with Crippen molar-refractivity contribution in [2.75, 3.05) is 33.8 Å². The second-order valence-corrected chi connectivity index (χ2v) is 5.51. The molecule has 0 radical (unpaired) electrons. The van der Waals surface area contributed by atoms with Gasteiger partial charge in [-0.2, -0.15) is 0 Å². The molecule has 5 heteroatoms. The number of rotatable bonds is 3. The lowest BCUT2D eigenvalue weighted by Gasteiger charge is -2.22. The largest absolute Gasteiger partial charge is 0.469 e. The fraction of sp³-hybridized carbons (Fsp3) is 0.857. The average Bonchev–Trinajstić information content (AvgIpc) is 2.86. The van der Waals surface area contributed by atoms with Gasteiger partial charge in [0.05, 0.1) is 13.5 Å². The van der Waals surface area contributed by atoms with Crippen LogP contribution < -0.4 is 5.32 Å². The number of nitrogens with one attached hydrogen (secondary N) is 1. The quantitative estimate of drug-likeness (QED) is 0.475. The molecule has 2 unspecified atom stereocenters. The van der Waals surface area contributed by atoms with Gasteiger partial charge < -0.3 is 15.0 Å². The van der Waals surface area contributed by atoms with Gasteiger partial charge in [-0.1, -0.05) is 12.8 Å². The summed E-state index contributed by atoms with van der Waals surface area (Å²) in [6.45, 7) is 2.82. The molecule has 1 aliphatic carbocycles. The van der Waals surface area contributed by atoms with Gasteiger partial charge in [0.2, 0.25) is 0 Å². The Labute approximate surface area is 115 Å². The normalized spacial score (nSPS) is 27.1. The van der Waals surface area contributed by atoms with Crippen LogP contribution in [0, 0.1) is 11.8 Å². The monoisotopic (exact) mass is 267 g/mol. The third kappa shape index (κ3) is 3.61. The van der Waals surface area contributed by atoms with E-state index in [1.165, 1.54) is 32.8 Å². The summed E-state index contributed by atoms with van der Waals surface area (Å²) in [6.07, 6.45) is 5.86. The Hall–Kier alpha value is -1.26. The first-order valence-electron chi connectivity index (χ1n) is 7.27. The molecule has 2 atom stereocenters. The van der Waals surface area contributed by atoms with E-state index < -0.39 is 0 Å². The number of nitrogens with zero attached hydrogens (tertiary/aromatic N) is 2. The third-order valence-electron chi connectivity index (χ3n) is 4.33. The van der Waals surface area contributed by atoms with Gasteiger partial charge in [0, 0.05) is 26.7 Å². The van der Waals surface area contributed by atoms with Gasteiger partial charge in [-0.3, -0.25) is 9.79 Å². The second kappa shape index (κ2) is 6.78. The van der Waals surface area contributed by atoms with Gasteiger partial charge in [-0.05, 0) is 24.7 Å². The maximum absolute atomic E-state index is 11.1. The summed E-state index contributed by atoms with van der Waals surface area (Å²) in [7, 11) is 3.23. The van der Waals surface area contributed by atoms with Crippen molar-refractivity contribution in [2.45, 2.75) is 32.1 Å². The first-order chi connectivity index (χ1) is 9.24. The predicted molar refractivity (Wildman–Crippen MR) is 75.0 cm³/mol. The number of likely N-dealkylation sites (tertiary alicyclic amines) is 1. The van der Waals surface area contributed by atoms with Crippen LogP contribution >= 0.6 is 0 Å². The molecule has 0 bridgehead atoms. The van der Waals surface area contributed by atoms with Crippen LogP contribution in [-0.2, 0) is 9.53 Å². The number of aliphatic imine (C=N–C) groups is 1. The number of hydrogen-bond donors (Lipinski definition) is 1. The third-order valence-corrected chi connectivity index (χ3v) is 4.33. The summed E-state index contributed by atoms with van der Waals surface area (Å²) < 4.78 is 4.64. The average molecular weight is 267 g/mol. The summed E-state index contributed by atoms with van der Waals surface area (Å²) in [4.78, 5) is 17.8. The van der Waals surface area contributed by atoms with Crippen molar-refractivity contribution in [2.24, 2.45) is 16.8 Å². The van der Waals surface area contributed by atoms with Crippen LogP contribution in [0.25, 0.3) is 0 Å². The van der Waals surface area contributed by atoms with Crippen LogP contribution in [0.15, 0.2) is 4.99 Å². The number of ether oxygens (including phenoxy) is 1. The molecular formula is C14H25N3O2. The molecule has 1 N–H and O–H groups in total. The van der Waals surface area contributed by atoms with E-state index in [1.54, 1.807) is 0 Å². The molecule has 0 aromatic heterocycles. The van der Waals surface area contributed by atoms with E-state index in [1.807, 2.05) is 7.05 Å². The Morgan fingerprint density at radius 2 is 1.95 bits per heavy atom. The van der Waals surface area contributed by atoms with E-state index in [-0.39, 0.29) is 5.97 Å². The molecule has 2 aliphatic rings. The van der Waals surface area contributed by atoms with Crippen molar-refractivity contribution >= 4 is 11.9 Å². The van der Waals surface area contributed by atoms with Gasteiger partial charge in [-0.25, -0.2) is 0 Å². The van der Waals surface area contributed by atoms with Crippen molar-refractivity contribution in [1.82, 2.24) is 10.2 Å². The van der Waals surface area contributed by atoms with Gasteiger partial charge in [0.15, 0.2) is 5.96 Å². The standard InChI is InChI=1S/C14H25N3O2/c1-15-14(16-8-7-13(18)19-2)17-9-11-5-3-4-6-12(11)10-17/h11-12H,3-10H2,1-2H3,(H,15,16). The highest BCUT2D eigenvalue weighted by molar-refractivity contribution is 5.80. The van der Waals surface area contributed by atoms with E-state index in [4.69, 9.17) is 0 Å². The van der Waals surface area contributed by atoms with Crippen LogP contribution in [0.2, 0.25) is 0 Å². The molecule has 0 spiro atoms. The summed E-state index contributed by atoms with van der Waals surface area (Å²) in [6, 6.07) is 0. The maximum atomic E-state index is 11.1. The van der Waals surface area contributed by atoms with E-state index in [2.05, 4.69) is 19.9 Å². The SMILES string of the molecule is CN=C(NCCC(=O)OC)N1CC2CCCCC2C1. The van der Waals surface area contributed by atoms with Crippen LogP contribution in [0.3, 0.4) is 0 Å². The van der Waals surface area contributed by atoms with Crippen LogP contribution in [0.5, 0.6) is 0 Å². The van der Waals surface area contributed by atoms with E-state index in [9.17, 15) is 4.79 Å². The zero-order valence-corrected chi connectivity index (χ0v) is 12.0. The van der Waals surface area contributed by atoms with Crippen molar-refractivity contribution in [3.05, 3.63) is 0 Å². The number of fused-ring (bicyclic) bond motifs is 1. The van der Waals surface area contributed by atoms with Crippen molar-refractivity contribution < 1.29 is 9.53 Å². The van der Waals surface area contributed by atoms with Gasteiger partial charge in [0.25, 0.3) is 0 Å². The van der Waals surface area contributed by atoms with Crippen LogP contribution in [-0.4, -0.2) is 50.6 Å². The Bertz CT molecular complexity index is 330. The topological polar surface area (TPSA) is 53.9 Å². The van der Waals surface area contributed by atoms with E-state index in [0.717, 1.165) is 30.9 Å². The van der Waals surface area contributed by atoms with Crippen LogP contribution in [0.4, 0.5) is 0 Å². The number of carbonyl (C=O) groups is 1. The molecule has 5 nitrogen and oxygen atoms in total. The molecule has 1 heterocycles. The number of methoxy groups -OCH3 is 1. The number of esters is 1. The molecule has 2 fully saturated rings. The molecule has 19 heavy (non-hydrogen) atoms. The lowest BCUT2D eigenvalue weighted by atomic mass is 9.82. The lowest BCUT2D eigenvalue weighted by molar-refractivity contribution is -0.140. The Morgan fingerprint density at radius 1 is 1.32 bits per heavy atom. The Kier molecular flexibility index (Phi) is 5.05. The van der Waals surface area contributed by atoms with Gasteiger partial charge in [-0.15, -0.1) is 0 Å². The molecule has 2 rings (SSSR count). The first-order valence-corrected chi connectivity index (χ1v) is 7.27. The summed E-state index contributed by atoms with van der Waals surface area (Å²) in [5.41, 5.74) is 0. The van der Waals surface area contributed by atoms with Crippen LogP contribution in [0.1, 0.15) is 32.1 Å². The molecule has 0 amide bonds. The zero-order valence-electron chi connectivity index (χ0n) is 12.0. The van der Waals surface area contributed by atoms with Gasteiger partial charge >= 0.3 is 5.97 Å². The molecule has 1 saturated heterocycles. The van der Waals surface area contributed by atoms with E-state index >= 15 is 0 Å². The summed E-state index contributed by atoms with van der Waals surface area (Å²) >= 11 is 0. The highest BCUT2D eigenvalue weighted by atomic mass is 16.5. The predicted octanol–water partition coefficient (Wildman–Crippen LogP) is 1.25. The minimum atomic E-state index is -0.182. The number of guanidine groups is 1. The van der Waals surface area contributed by atoms with Crippen molar-refractivity contribution in [1.29, 1.82) is 0 Å². The van der Waals surface area contributed by atoms with Gasteiger partial charge in [0.1, 0.15) is 0 Å². The van der Waals surface area contributed by atoms with E-state index in [0.29, 0.717) is 13.0 Å². The first kappa shape index (κ1) is 14.2. The molecule has 108 valence electrons. The number of hydrogen-bond acceptors (Lipinski definition) is 3. The molecule has 1 saturated carbocycles. The fourth-order valence-corrected chi connectivity index (χ4v) is 3.29. The highest BCUT2D eigenvalue weighted by Crippen LogP contribution is 2.35. The summed E-state index contributed by atoms with van der Waals surface area (Å²) in [5, 5.41) is 3.26. The summed E-state index contributed by atoms with van der Waals surface area (Å²) in [5.74, 6) is 2.43. The maximum Gasteiger partial charge on any atom is 0.307 e. The lowest BCUT2D eigenvalue weighted by Crippen LogP contribution is -2.41. The Morgan fingerprint density at radius 3 is 2.47 bits per heavy atom. The molecular weight excluding hydrogens is 242 g/mol. The number of carbonyl (C=O) groups excluding carboxylic acids is 1. The minimum absolute atomic E-state index is 0.182. The van der Waals surface area contributed by atoms with Crippen molar-refractivity contribution in [3.8, 4) is 0 Å². The van der Waals surface area contributed by atoms with Crippen molar-refractivity contribution in [3.63, 3.8) is 0 Å². The smallest absolute Gasteiger partial charge is 0.307 e. The zero-order chi connectivity index (χ0) is 13.7. The minimum Gasteiger partial charge on any atom is -0.469 e.